The van der Waals surface area contributed by atoms with Gasteiger partial charge in [0.15, 0.2) is 0 Å². The van der Waals surface area contributed by atoms with Crippen LogP contribution >= 0.6 is 0 Å². The van der Waals surface area contributed by atoms with Crippen LogP contribution in [0.3, 0.4) is 0 Å². The van der Waals surface area contributed by atoms with Crippen LogP contribution in [0, 0.1) is 11.8 Å². The molecule has 2 aliphatic rings. The van der Waals surface area contributed by atoms with Crippen molar-refractivity contribution >= 4 is 33.6 Å². The van der Waals surface area contributed by atoms with E-state index in [9.17, 15) is 10.2 Å². The van der Waals surface area contributed by atoms with Crippen LogP contribution in [0.4, 0.5) is 11.6 Å². The summed E-state index contributed by atoms with van der Waals surface area (Å²) in [6.45, 7) is 4.35. The van der Waals surface area contributed by atoms with Crippen molar-refractivity contribution in [3.63, 3.8) is 0 Å². The Morgan fingerprint density at radius 1 is 1.03 bits per heavy atom. The van der Waals surface area contributed by atoms with E-state index in [4.69, 9.17) is 11.5 Å². The smallest absolute Gasteiger partial charge is 0.146 e. The summed E-state index contributed by atoms with van der Waals surface area (Å²) in [4.78, 5) is 13.3. The molecule has 1 fully saturated rings. The first-order chi connectivity index (χ1) is 16.8. The topological polar surface area (TPSA) is 136 Å². The monoisotopic (exact) mass is 472 g/mol. The van der Waals surface area contributed by atoms with E-state index in [2.05, 4.69) is 51.6 Å². The standard InChI is InChI=1S/C27H32N6O2/c1-13(16-7-6-15-8-9-22(28)32-19(15)10-16)14(2)18-11-21(25(35)24(18)34)33-20-5-3-4-17(20)23-26(29)30-12-31-27(23)33/h6-10,12-14,18,21,24-25,34-35H,3-5,11H2,1-2H3,(H2,28,32)(H2,29,30,31)/t13-,14+,18+,21+,24+,25-/m0/s1. The highest BCUT2D eigenvalue weighted by atomic mass is 16.3. The van der Waals surface area contributed by atoms with E-state index < -0.39 is 12.2 Å². The zero-order chi connectivity index (χ0) is 24.4. The highest BCUT2D eigenvalue weighted by Crippen LogP contribution is 2.47. The molecule has 0 aliphatic heterocycles. The molecule has 3 heterocycles. The van der Waals surface area contributed by atoms with Crippen LogP contribution in [0.15, 0.2) is 36.7 Å². The Labute approximate surface area is 204 Å². The molecule has 3 aromatic heterocycles. The Balaban J connectivity index is 1.33. The van der Waals surface area contributed by atoms with Gasteiger partial charge in [-0.15, -0.1) is 0 Å². The number of nitrogens with zero attached hydrogens (tertiary/aromatic N) is 4. The number of aryl methyl sites for hydroxylation is 1. The van der Waals surface area contributed by atoms with Gasteiger partial charge in [-0.2, -0.15) is 0 Å². The van der Waals surface area contributed by atoms with Crippen molar-refractivity contribution in [3.8, 4) is 0 Å². The number of aliphatic hydroxyl groups is 2. The molecule has 0 unspecified atom stereocenters. The van der Waals surface area contributed by atoms with Gasteiger partial charge in [0, 0.05) is 11.1 Å². The number of hydrogen-bond acceptors (Lipinski definition) is 7. The Hall–Kier alpha value is -3.23. The number of aromatic nitrogens is 4. The largest absolute Gasteiger partial charge is 0.390 e. The maximum atomic E-state index is 11.3. The highest BCUT2D eigenvalue weighted by Gasteiger charge is 2.47. The number of nitrogens with two attached hydrogens (primary N) is 2. The average molecular weight is 473 g/mol. The van der Waals surface area contributed by atoms with E-state index in [1.54, 1.807) is 0 Å². The van der Waals surface area contributed by atoms with E-state index in [1.165, 1.54) is 17.6 Å². The molecule has 8 nitrogen and oxygen atoms in total. The van der Waals surface area contributed by atoms with Crippen molar-refractivity contribution in [2.75, 3.05) is 11.5 Å². The highest BCUT2D eigenvalue weighted by molar-refractivity contribution is 5.91. The lowest BCUT2D eigenvalue weighted by Gasteiger charge is -2.29. The summed E-state index contributed by atoms with van der Waals surface area (Å²) in [5.41, 5.74) is 17.3. The molecule has 0 saturated heterocycles. The van der Waals surface area contributed by atoms with Gasteiger partial charge in [0.1, 0.15) is 29.7 Å². The fourth-order valence-electron chi connectivity index (χ4n) is 6.54. The lowest BCUT2D eigenvalue weighted by molar-refractivity contribution is -0.00521. The summed E-state index contributed by atoms with van der Waals surface area (Å²) in [5.74, 6) is 1.23. The molecule has 2 aliphatic carbocycles. The Morgan fingerprint density at radius 3 is 2.66 bits per heavy atom. The first kappa shape index (κ1) is 22.2. The number of anilines is 2. The second-order valence-corrected chi connectivity index (χ2v) is 10.4. The molecule has 0 spiro atoms. The molecule has 1 saturated carbocycles. The number of fused-ring (bicyclic) bond motifs is 4. The van der Waals surface area contributed by atoms with E-state index in [-0.39, 0.29) is 23.8 Å². The van der Waals surface area contributed by atoms with Crippen LogP contribution in [0.1, 0.15) is 55.5 Å². The number of nitrogen functional groups attached to an aromatic ring is 2. The summed E-state index contributed by atoms with van der Waals surface area (Å²) < 4.78 is 2.16. The van der Waals surface area contributed by atoms with E-state index in [1.807, 2.05) is 12.1 Å². The third-order valence-electron chi connectivity index (χ3n) is 8.62. The second-order valence-electron chi connectivity index (χ2n) is 10.4. The van der Waals surface area contributed by atoms with E-state index >= 15 is 0 Å². The van der Waals surface area contributed by atoms with Crippen LogP contribution in [0.2, 0.25) is 0 Å². The number of pyridine rings is 1. The molecule has 0 radical (unpaired) electrons. The Morgan fingerprint density at radius 2 is 1.83 bits per heavy atom. The SMILES string of the molecule is C[C@@H]([C@H]1C[C@@H](n2c3c(c4c(N)ncnc42)CCC3)[C@H](O)[C@@H]1O)[C@H](C)c1ccc2ccc(N)nc2c1. The minimum atomic E-state index is -0.871. The van der Waals surface area contributed by atoms with Crippen molar-refractivity contribution in [2.24, 2.45) is 11.8 Å². The summed E-state index contributed by atoms with van der Waals surface area (Å²) in [5, 5.41) is 24.5. The summed E-state index contributed by atoms with van der Waals surface area (Å²) >= 11 is 0. The number of hydrogen-bond donors (Lipinski definition) is 4. The maximum absolute atomic E-state index is 11.3. The van der Waals surface area contributed by atoms with Gasteiger partial charge in [-0.05, 0) is 72.8 Å². The minimum absolute atomic E-state index is 0.0665. The van der Waals surface area contributed by atoms with Crippen LogP contribution in [0.25, 0.3) is 21.9 Å². The first-order valence-corrected chi connectivity index (χ1v) is 12.5. The molecular weight excluding hydrogens is 440 g/mol. The Bertz CT molecular complexity index is 1430. The van der Waals surface area contributed by atoms with Gasteiger partial charge < -0.3 is 26.2 Å². The van der Waals surface area contributed by atoms with Crippen molar-refractivity contribution < 1.29 is 10.2 Å². The fraction of sp³-hybridized carbons (Fsp3) is 0.444. The molecule has 6 atom stereocenters. The van der Waals surface area contributed by atoms with Gasteiger partial charge in [0.25, 0.3) is 0 Å². The van der Waals surface area contributed by atoms with Gasteiger partial charge in [-0.3, -0.25) is 0 Å². The predicted octanol–water partition coefficient (Wildman–Crippen LogP) is 3.36. The second kappa shape index (κ2) is 8.17. The summed E-state index contributed by atoms with van der Waals surface area (Å²) in [7, 11) is 0. The molecular formula is C27H32N6O2. The molecule has 0 amide bonds. The van der Waals surface area contributed by atoms with Crippen LogP contribution in [0.5, 0.6) is 0 Å². The third kappa shape index (κ3) is 3.38. The molecule has 1 aromatic carbocycles. The van der Waals surface area contributed by atoms with Crippen molar-refractivity contribution in [1.82, 2.24) is 19.5 Å². The summed E-state index contributed by atoms with van der Waals surface area (Å²) in [6, 6.07) is 9.83. The fourth-order valence-corrected chi connectivity index (χ4v) is 6.54. The molecule has 6 rings (SSSR count). The lowest BCUT2D eigenvalue weighted by Crippen LogP contribution is -2.33. The third-order valence-corrected chi connectivity index (χ3v) is 8.62. The van der Waals surface area contributed by atoms with Gasteiger partial charge in [0.05, 0.1) is 23.0 Å². The first-order valence-electron chi connectivity index (χ1n) is 12.5. The minimum Gasteiger partial charge on any atom is -0.390 e. The van der Waals surface area contributed by atoms with Gasteiger partial charge in [-0.1, -0.05) is 26.0 Å². The van der Waals surface area contributed by atoms with E-state index in [0.717, 1.165) is 46.8 Å². The predicted molar refractivity (Wildman–Crippen MR) is 137 cm³/mol. The normalized spacial score (nSPS) is 25.8. The van der Waals surface area contributed by atoms with Crippen LogP contribution < -0.4 is 11.5 Å². The quantitative estimate of drug-likeness (QED) is 0.357. The number of benzene rings is 1. The van der Waals surface area contributed by atoms with Crippen molar-refractivity contribution in [1.29, 1.82) is 0 Å². The van der Waals surface area contributed by atoms with Crippen LogP contribution in [-0.4, -0.2) is 41.9 Å². The number of rotatable bonds is 4. The molecule has 0 bridgehead atoms. The lowest BCUT2D eigenvalue weighted by atomic mass is 9.78. The Kier molecular flexibility index (Phi) is 5.19. The van der Waals surface area contributed by atoms with Gasteiger partial charge in [-0.25, -0.2) is 15.0 Å². The number of aliphatic hydroxyl groups excluding tert-OH is 2. The molecule has 4 aromatic rings. The van der Waals surface area contributed by atoms with Gasteiger partial charge >= 0.3 is 0 Å². The summed E-state index contributed by atoms with van der Waals surface area (Å²) in [6.07, 6.45) is 3.39. The molecule has 182 valence electrons. The van der Waals surface area contributed by atoms with E-state index in [0.29, 0.717) is 18.1 Å². The molecule has 35 heavy (non-hydrogen) atoms. The van der Waals surface area contributed by atoms with Crippen molar-refractivity contribution in [3.05, 3.63) is 53.5 Å². The maximum Gasteiger partial charge on any atom is 0.146 e. The van der Waals surface area contributed by atoms with Crippen LogP contribution in [-0.2, 0) is 12.8 Å². The van der Waals surface area contributed by atoms with Gasteiger partial charge in [0.2, 0.25) is 0 Å². The average Bonchev–Trinajstić information content (AvgIpc) is 3.52. The molecule has 6 N–H and O–H groups in total. The zero-order valence-corrected chi connectivity index (χ0v) is 20.1. The van der Waals surface area contributed by atoms with Crippen molar-refractivity contribution in [2.45, 2.75) is 63.7 Å². The molecule has 8 heteroatoms. The zero-order valence-electron chi connectivity index (χ0n) is 20.1.